The molecule has 1 rings (SSSR count). The van der Waals surface area contributed by atoms with Gasteiger partial charge in [-0.1, -0.05) is 12.1 Å². The van der Waals surface area contributed by atoms with E-state index in [0.717, 1.165) is 5.56 Å². The van der Waals surface area contributed by atoms with Gasteiger partial charge in [-0.2, -0.15) is 0 Å². The molecule has 0 radical (unpaired) electrons. The Kier molecular flexibility index (Phi) is 3.49. The van der Waals surface area contributed by atoms with Crippen LogP contribution in [0.1, 0.15) is 12.5 Å². The summed E-state index contributed by atoms with van der Waals surface area (Å²) < 4.78 is 24.7. The first-order valence-electron chi connectivity index (χ1n) is 4.27. The number of aliphatic hydroxyl groups excluding tert-OH is 1. The minimum atomic E-state index is -3.20. The molecule has 4 nitrogen and oxygen atoms in total. The molecule has 1 aromatic rings. The minimum Gasteiger partial charge on any atom is -0.392 e. The van der Waals surface area contributed by atoms with Gasteiger partial charge in [0.2, 0.25) is 10.0 Å². The molecule has 0 unspecified atom stereocenters. The second kappa shape index (κ2) is 4.43. The molecule has 0 atom stereocenters. The van der Waals surface area contributed by atoms with Gasteiger partial charge in [0.1, 0.15) is 0 Å². The fourth-order valence-corrected chi connectivity index (χ4v) is 1.57. The maximum Gasteiger partial charge on any atom is 0.232 e. The quantitative estimate of drug-likeness (QED) is 0.785. The maximum atomic E-state index is 11.2. The number of rotatable bonds is 4. The van der Waals surface area contributed by atoms with Gasteiger partial charge in [-0.3, -0.25) is 4.72 Å². The number of anilines is 1. The van der Waals surface area contributed by atoms with E-state index in [1.54, 1.807) is 31.2 Å². The van der Waals surface area contributed by atoms with Crippen molar-refractivity contribution in [3.8, 4) is 0 Å². The van der Waals surface area contributed by atoms with Crippen LogP contribution in [0.2, 0.25) is 0 Å². The van der Waals surface area contributed by atoms with Gasteiger partial charge in [0.25, 0.3) is 0 Å². The van der Waals surface area contributed by atoms with Gasteiger partial charge in [0, 0.05) is 5.69 Å². The summed E-state index contributed by atoms with van der Waals surface area (Å²) in [4.78, 5) is 0. The van der Waals surface area contributed by atoms with Crippen molar-refractivity contribution in [3.05, 3.63) is 29.8 Å². The highest BCUT2D eigenvalue weighted by Crippen LogP contribution is 2.11. The second-order valence-electron chi connectivity index (χ2n) is 2.86. The zero-order valence-electron chi connectivity index (χ0n) is 7.90. The number of sulfonamides is 1. The van der Waals surface area contributed by atoms with E-state index in [1.165, 1.54) is 0 Å². The van der Waals surface area contributed by atoms with Crippen LogP contribution in [0.5, 0.6) is 0 Å². The van der Waals surface area contributed by atoms with Gasteiger partial charge in [0.05, 0.1) is 12.4 Å². The van der Waals surface area contributed by atoms with E-state index in [4.69, 9.17) is 5.11 Å². The summed E-state index contributed by atoms with van der Waals surface area (Å²) in [5, 5.41) is 8.77. The van der Waals surface area contributed by atoms with Crippen molar-refractivity contribution in [3.63, 3.8) is 0 Å². The Hall–Kier alpha value is -1.07. The number of nitrogens with one attached hydrogen (secondary N) is 1. The van der Waals surface area contributed by atoms with Crippen LogP contribution < -0.4 is 4.72 Å². The lowest BCUT2D eigenvalue weighted by Crippen LogP contribution is -2.14. The van der Waals surface area contributed by atoms with E-state index in [-0.39, 0.29) is 12.4 Å². The summed E-state index contributed by atoms with van der Waals surface area (Å²) in [5.41, 5.74) is 1.27. The number of hydrogen-bond acceptors (Lipinski definition) is 3. The van der Waals surface area contributed by atoms with E-state index >= 15 is 0 Å². The van der Waals surface area contributed by atoms with Crippen molar-refractivity contribution in [1.82, 2.24) is 0 Å². The summed E-state index contributed by atoms with van der Waals surface area (Å²) >= 11 is 0. The van der Waals surface area contributed by atoms with E-state index in [0.29, 0.717) is 5.69 Å². The molecule has 1 aromatic carbocycles. The fraction of sp³-hybridized carbons (Fsp3) is 0.333. The van der Waals surface area contributed by atoms with E-state index in [2.05, 4.69) is 4.72 Å². The molecule has 14 heavy (non-hydrogen) atoms. The Balaban J connectivity index is 2.79. The molecule has 78 valence electrons. The highest BCUT2D eigenvalue weighted by molar-refractivity contribution is 7.92. The molecule has 5 heteroatoms. The predicted molar refractivity (Wildman–Crippen MR) is 55.4 cm³/mol. The van der Waals surface area contributed by atoms with Crippen molar-refractivity contribution in [2.24, 2.45) is 0 Å². The van der Waals surface area contributed by atoms with Crippen molar-refractivity contribution >= 4 is 15.7 Å². The van der Waals surface area contributed by atoms with Gasteiger partial charge in [0.15, 0.2) is 0 Å². The third-order valence-corrected chi connectivity index (χ3v) is 3.10. The Bertz CT molecular complexity index is 383. The Morgan fingerprint density at radius 1 is 1.29 bits per heavy atom. The third-order valence-electron chi connectivity index (χ3n) is 1.79. The molecular formula is C9H13NO3S. The third kappa shape index (κ3) is 3.01. The molecule has 0 aliphatic carbocycles. The lowest BCUT2D eigenvalue weighted by Gasteiger charge is -2.05. The van der Waals surface area contributed by atoms with Crippen LogP contribution >= 0.6 is 0 Å². The van der Waals surface area contributed by atoms with Crippen molar-refractivity contribution in [2.45, 2.75) is 13.5 Å². The van der Waals surface area contributed by atoms with Gasteiger partial charge in [-0.15, -0.1) is 0 Å². The number of hydrogen-bond donors (Lipinski definition) is 2. The van der Waals surface area contributed by atoms with Crippen LogP contribution in [0.3, 0.4) is 0 Å². The van der Waals surface area contributed by atoms with Crippen molar-refractivity contribution in [1.29, 1.82) is 0 Å². The van der Waals surface area contributed by atoms with Crippen molar-refractivity contribution < 1.29 is 13.5 Å². The molecule has 0 heterocycles. The normalized spacial score (nSPS) is 11.3. The van der Waals surface area contributed by atoms with Crippen LogP contribution in [-0.4, -0.2) is 19.3 Å². The molecule has 0 aliphatic rings. The van der Waals surface area contributed by atoms with E-state index in [1.807, 2.05) is 0 Å². The molecule has 0 amide bonds. The smallest absolute Gasteiger partial charge is 0.232 e. The first kappa shape index (κ1) is 11.0. The van der Waals surface area contributed by atoms with Crippen LogP contribution in [0, 0.1) is 0 Å². The largest absolute Gasteiger partial charge is 0.392 e. The number of benzene rings is 1. The predicted octanol–water partition coefficient (Wildman–Crippen LogP) is 0.941. The SMILES string of the molecule is CCS(=O)(=O)Nc1ccc(CO)cc1. The fourth-order valence-electron chi connectivity index (χ4n) is 0.930. The van der Waals surface area contributed by atoms with Crippen LogP contribution in [0.4, 0.5) is 5.69 Å². The molecule has 0 saturated carbocycles. The van der Waals surface area contributed by atoms with Crippen LogP contribution in [0.15, 0.2) is 24.3 Å². The van der Waals surface area contributed by atoms with E-state index < -0.39 is 10.0 Å². The highest BCUT2D eigenvalue weighted by atomic mass is 32.2. The van der Waals surface area contributed by atoms with E-state index in [9.17, 15) is 8.42 Å². The van der Waals surface area contributed by atoms with Crippen LogP contribution in [-0.2, 0) is 16.6 Å². The first-order chi connectivity index (χ1) is 6.57. The molecule has 2 N–H and O–H groups in total. The topological polar surface area (TPSA) is 66.4 Å². The molecule has 0 spiro atoms. The number of aliphatic hydroxyl groups is 1. The molecule has 0 aliphatic heterocycles. The summed E-state index contributed by atoms with van der Waals surface area (Å²) in [6.07, 6.45) is 0. The lowest BCUT2D eigenvalue weighted by atomic mass is 10.2. The second-order valence-corrected chi connectivity index (χ2v) is 4.87. The van der Waals surface area contributed by atoms with Gasteiger partial charge in [-0.25, -0.2) is 8.42 Å². The maximum absolute atomic E-state index is 11.2. The molecule has 0 saturated heterocycles. The zero-order valence-corrected chi connectivity index (χ0v) is 8.71. The monoisotopic (exact) mass is 215 g/mol. The summed E-state index contributed by atoms with van der Waals surface area (Å²) in [7, 11) is -3.20. The van der Waals surface area contributed by atoms with Gasteiger partial charge in [-0.05, 0) is 24.6 Å². The first-order valence-corrected chi connectivity index (χ1v) is 5.93. The zero-order chi connectivity index (χ0) is 10.6. The Labute approximate surface area is 83.6 Å². The Morgan fingerprint density at radius 2 is 1.86 bits per heavy atom. The van der Waals surface area contributed by atoms with Crippen LogP contribution in [0.25, 0.3) is 0 Å². The van der Waals surface area contributed by atoms with Gasteiger partial charge < -0.3 is 5.11 Å². The minimum absolute atomic E-state index is 0.0409. The molecule has 0 bridgehead atoms. The average molecular weight is 215 g/mol. The highest BCUT2D eigenvalue weighted by Gasteiger charge is 2.05. The standard InChI is InChI=1S/C9H13NO3S/c1-2-14(12,13)10-9-5-3-8(7-11)4-6-9/h3-6,10-11H,2,7H2,1H3. The summed E-state index contributed by atoms with van der Waals surface area (Å²) in [5.74, 6) is 0.0503. The summed E-state index contributed by atoms with van der Waals surface area (Å²) in [6, 6.07) is 6.60. The Morgan fingerprint density at radius 3 is 2.29 bits per heavy atom. The average Bonchev–Trinajstić information content (AvgIpc) is 2.19. The van der Waals surface area contributed by atoms with Crippen molar-refractivity contribution in [2.75, 3.05) is 10.5 Å². The molecule has 0 fully saturated rings. The lowest BCUT2D eigenvalue weighted by molar-refractivity contribution is 0.282. The molecular weight excluding hydrogens is 202 g/mol. The molecule has 0 aromatic heterocycles. The van der Waals surface area contributed by atoms with Gasteiger partial charge >= 0.3 is 0 Å². The summed E-state index contributed by atoms with van der Waals surface area (Å²) in [6.45, 7) is 1.53.